The molecule has 3 N–H and O–H groups in total. The van der Waals surface area contributed by atoms with E-state index >= 15 is 0 Å². The molecule has 0 saturated carbocycles. The summed E-state index contributed by atoms with van der Waals surface area (Å²) in [7, 11) is 0. The topological polar surface area (TPSA) is 61.4 Å². The van der Waals surface area contributed by atoms with Gasteiger partial charge in [-0.05, 0) is 51.2 Å². The van der Waals surface area contributed by atoms with Gasteiger partial charge in [0.2, 0.25) is 5.91 Å². The number of aliphatic hydroxyl groups is 1. The molecule has 1 aromatic carbocycles. The number of hydrogen-bond donors (Lipinski definition) is 3. The predicted octanol–water partition coefficient (Wildman–Crippen LogP) is 3.41. The number of rotatable bonds is 8. The van der Waals surface area contributed by atoms with E-state index in [-0.39, 0.29) is 23.5 Å². The molecular weight excluding hydrogens is 288 g/mol. The minimum absolute atomic E-state index is 0.00640. The highest BCUT2D eigenvalue weighted by Crippen LogP contribution is 2.21. The fourth-order valence-corrected chi connectivity index (χ4v) is 2.83. The smallest absolute Gasteiger partial charge is 0.225 e. The zero-order valence-electron chi connectivity index (χ0n) is 15.4. The van der Waals surface area contributed by atoms with E-state index in [0.717, 1.165) is 24.2 Å². The molecule has 0 aliphatic heterocycles. The maximum Gasteiger partial charge on any atom is 0.225 e. The van der Waals surface area contributed by atoms with Gasteiger partial charge in [-0.1, -0.05) is 31.5 Å². The molecule has 0 bridgehead atoms. The summed E-state index contributed by atoms with van der Waals surface area (Å²) in [6.07, 6.45) is 0.856. The van der Waals surface area contributed by atoms with Gasteiger partial charge in [0, 0.05) is 24.7 Å². The van der Waals surface area contributed by atoms with Crippen molar-refractivity contribution in [1.82, 2.24) is 5.32 Å². The molecule has 2 unspecified atom stereocenters. The minimum atomic E-state index is -0.310. The average molecular weight is 320 g/mol. The Hall–Kier alpha value is -1.39. The van der Waals surface area contributed by atoms with Crippen LogP contribution in [0.25, 0.3) is 0 Å². The van der Waals surface area contributed by atoms with Crippen molar-refractivity contribution in [2.75, 3.05) is 11.9 Å². The lowest BCUT2D eigenvalue weighted by Crippen LogP contribution is -2.38. The Kier molecular flexibility index (Phi) is 7.23. The molecular formula is C19H32N2O2. The summed E-state index contributed by atoms with van der Waals surface area (Å²) < 4.78 is 0. The summed E-state index contributed by atoms with van der Waals surface area (Å²) in [5, 5.41) is 15.9. The van der Waals surface area contributed by atoms with Crippen LogP contribution >= 0.6 is 0 Å². The number of amides is 1. The second-order valence-corrected chi connectivity index (χ2v) is 7.57. The third kappa shape index (κ3) is 7.62. The molecule has 0 radical (unpaired) electrons. The van der Waals surface area contributed by atoms with Gasteiger partial charge in [-0.15, -0.1) is 0 Å². The fraction of sp³-hybridized carbons (Fsp3) is 0.632. The van der Waals surface area contributed by atoms with Gasteiger partial charge < -0.3 is 15.7 Å². The van der Waals surface area contributed by atoms with E-state index < -0.39 is 0 Å². The molecule has 0 fully saturated rings. The standard InChI is InChI=1S/C19H32N2O2/c1-13-7-8-17(14(2)9-13)21-18(23)10-15(3)20-12-19(5,6)11-16(4)22/h7-9,15-16,20,22H,10-12H2,1-6H3,(H,21,23). The molecule has 0 aliphatic rings. The van der Waals surface area contributed by atoms with Crippen LogP contribution in [0, 0.1) is 19.3 Å². The van der Waals surface area contributed by atoms with E-state index in [9.17, 15) is 9.90 Å². The molecule has 130 valence electrons. The van der Waals surface area contributed by atoms with Crippen LogP contribution in [0.15, 0.2) is 18.2 Å². The van der Waals surface area contributed by atoms with Gasteiger partial charge in [-0.3, -0.25) is 4.79 Å². The van der Waals surface area contributed by atoms with Crippen molar-refractivity contribution in [2.45, 2.75) is 66.5 Å². The van der Waals surface area contributed by atoms with E-state index in [1.807, 2.05) is 39.8 Å². The Balaban J connectivity index is 2.44. The molecule has 0 aliphatic carbocycles. The van der Waals surface area contributed by atoms with Crippen LogP contribution in [-0.2, 0) is 4.79 Å². The van der Waals surface area contributed by atoms with E-state index in [2.05, 4.69) is 30.5 Å². The third-order valence-electron chi connectivity index (χ3n) is 3.92. The summed E-state index contributed by atoms with van der Waals surface area (Å²) >= 11 is 0. The van der Waals surface area contributed by atoms with E-state index in [4.69, 9.17) is 0 Å². The van der Waals surface area contributed by atoms with Crippen LogP contribution in [-0.4, -0.2) is 29.7 Å². The Bertz CT molecular complexity index is 524. The van der Waals surface area contributed by atoms with E-state index in [1.54, 1.807) is 0 Å². The Morgan fingerprint density at radius 3 is 2.48 bits per heavy atom. The van der Waals surface area contributed by atoms with Gasteiger partial charge in [-0.2, -0.15) is 0 Å². The zero-order valence-corrected chi connectivity index (χ0v) is 15.4. The summed E-state index contributed by atoms with van der Waals surface area (Å²) in [6, 6.07) is 6.11. The van der Waals surface area contributed by atoms with E-state index in [0.29, 0.717) is 6.42 Å². The quantitative estimate of drug-likeness (QED) is 0.688. The number of carbonyl (C=O) groups is 1. The molecule has 0 spiro atoms. The van der Waals surface area contributed by atoms with Gasteiger partial charge in [0.1, 0.15) is 0 Å². The van der Waals surface area contributed by atoms with Crippen LogP contribution in [0.2, 0.25) is 0 Å². The largest absolute Gasteiger partial charge is 0.393 e. The van der Waals surface area contributed by atoms with Gasteiger partial charge in [0.25, 0.3) is 0 Å². The highest BCUT2D eigenvalue weighted by Gasteiger charge is 2.21. The number of carbonyl (C=O) groups excluding carboxylic acids is 1. The molecule has 1 amide bonds. The molecule has 4 nitrogen and oxygen atoms in total. The number of benzene rings is 1. The lowest BCUT2D eigenvalue weighted by Gasteiger charge is -2.28. The maximum atomic E-state index is 12.2. The van der Waals surface area contributed by atoms with Crippen molar-refractivity contribution in [3.63, 3.8) is 0 Å². The maximum absolute atomic E-state index is 12.2. The summed E-state index contributed by atoms with van der Waals surface area (Å²) in [4.78, 5) is 12.2. The Morgan fingerprint density at radius 2 is 1.91 bits per heavy atom. The summed E-state index contributed by atoms with van der Waals surface area (Å²) in [5.74, 6) is 0.0188. The number of hydrogen-bond acceptors (Lipinski definition) is 3. The third-order valence-corrected chi connectivity index (χ3v) is 3.92. The van der Waals surface area contributed by atoms with Crippen molar-refractivity contribution in [1.29, 1.82) is 0 Å². The molecule has 0 heterocycles. The first-order chi connectivity index (χ1) is 10.6. The van der Waals surface area contributed by atoms with Crippen LogP contribution in [0.3, 0.4) is 0 Å². The van der Waals surface area contributed by atoms with Crippen LogP contribution < -0.4 is 10.6 Å². The summed E-state index contributed by atoms with van der Waals surface area (Å²) in [6.45, 7) is 12.9. The summed E-state index contributed by atoms with van der Waals surface area (Å²) in [5.41, 5.74) is 3.15. The van der Waals surface area contributed by atoms with Crippen molar-refractivity contribution in [2.24, 2.45) is 5.41 Å². The van der Waals surface area contributed by atoms with Crippen molar-refractivity contribution >= 4 is 11.6 Å². The SMILES string of the molecule is Cc1ccc(NC(=O)CC(C)NCC(C)(C)CC(C)O)c(C)c1. The molecule has 1 aromatic rings. The first-order valence-electron chi connectivity index (χ1n) is 8.37. The Labute approximate surface area is 140 Å². The minimum Gasteiger partial charge on any atom is -0.393 e. The first kappa shape index (κ1) is 19.7. The van der Waals surface area contributed by atoms with Gasteiger partial charge >= 0.3 is 0 Å². The molecule has 23 heavy (non-hydrogen) atoms. The van der Waals surface area contributed by atoms with Crippen molar-refractivity contribution < 1.29 is 9.90 Å². The number of anilines is 1. The molecule has 0 aromatic heterocycles. The Morgan fingerprint density at radius 1 is 1.26 bits per heavy atom. The normalized spacial score (nSPS) is 14.4. The number of aliphatic hydroxyl groups excluding tert-OH is 1. The first-order valence-corrected chi connectivity index (χ1v) is 8.37. The molecule has 2 atom stereocenters. The van der Waals surface area contributed by atoms with Gasteiger partial charge in [0.15, 0.2) is 0 Å². The van der Waals surface area contributed by atoms with Gasteiger partial charge in [0.05, 0.1) is 6.10 Å². The number of nitrogens with one attached hydrogen (secondary N) is 2. The highest BCUT2D eigenvalue weighted by molar-refractivity contribution is 5.91. The van der Waals surface area contributed by atoms with Crippen molar-refractivity contribution in [3.05, 3.63) is 29.3 Å². The predicted molar refractivity (Wildman–Crippen MR) is 96.7 cm³/mol. The van der Waals surface area contributed by atoms with Gasteiger partial charge in [-0.25, -0.2) is 0 Å². The zero-order chi connectivity index (χ0) is 17.6. The van der Waals surface area contributed by atoms with Crippen LogP contribution in [0.4, 0.5) is 5.69 Å². The second-order valence-electron chi connectivity index (χ2n) is 7.57. The lowest BCUT2D eigenvalue weighted by molar-refractivity contribution is -0.116. The highest BCUT2D eigenvalue weighted by atomic mass is 16.3. The molecule has 1 rings (SSSR count). The molecule has 4 heteroatoms. The monoisotopic (exact) mass is 320 g/mol. The fourth-order valence-electron chi connectivity index (χ4n) is 2.83. The van der Waals surface area contributed by atoms with Crippen LogP contribution in [0.1, 0.15) is 51.7 Å². The lowest BCUT2D eigenvalue weighted by atomic mass is 9.86. The number of aryl methyl sites for hydroxylation is 2. The van der Waals surface area contributed by atoms with Crippen molar-refractivity contribution in [3.8, 4) is 0 Å². The molecule has 0 saturated heterocycles. The van der Waals surface area contributed by atoms with E-state index in [1.165, 1.54) is 5.56 Å². The average Bonchev–Trinajstić information content (AvgIpc) is 2.38. The van der Waals surface area contributed by atoms with Crippen LogP contribution in [0.5, 0.6) is 0 Å². The second kappa shape index (κ2) is 8.46.